The summed E-state index contributed by atoms with van der Waals surface area (Å²) in [5, 5.41) is 6.66. The number of anilines is 1. The topological polar surface area (TPSA) is 106 Å². The van der Waals surface area contributed by atoms with E-state index in [1.54, 1.807) is 79.7 Å². The van der Waals surface area contributed by atoms with Crippen LogP contribution >= 0.6 is 11.6 Å². The SMILES string of the molecule is COc1ccccc1C(=O)Oc1ccc(/C(C)=N/NC(=O)C(=O)Nc2ccccc2Cl)cc1. The number of hydrogen-bond donors (Lipinski definition) is 2. The Bertz CT molecular complexity index is 1210. The van der Waals surface area contributed by atoms with Crippen molar-refractivity contribution in [1.29, 1.82) is 0 Å². The van der Waals surface area contributed by atoms with Crippen molar-refractivity contribution in [2.24, 2.45) is 5.10 Å². The van der Waals surface area contributed by atoms with Gasteiger partial charge in [-0.15, -0.1) is 0 Å². The van der Waals surface area contributed by atoms with Gasteiger partial charge in [0.1, 0.15) is 17.1 Å². The number of para-hydroxylation sites is 2. The van der Waals surface area contributed by atoms with Gasteiger partial charge in [-0.1, -0.05) is 35.9 Å². The number of methoxy groups -OCH3 is 1. The normalized spacial score (nSPS) is 10.8. The van der Waals surface area contributed by atoms with E-state index >= 15 is 0 Å². The van der Waals surface area contributed by atoms with Gasteiger partial charge in [-0.25, -0.2) is 10.2 Å². The predicted octanol–water partition coefficient (Wildman–Crippen LogP) is 4.05. The molecule has 0 aliphatic rings. The second-order valence-electron chi connectivity index (χ2n) is 6.69. The molecule has 2 N–H and O–H groups in total. The zero-order valence-corrected chi connectivity index (χ0v) is 18.6. The van der Waals surface area contributed by atoms with Gasteiger partial charge in [0.2, 0.25) is 0 Å². The van der Waals surface area contributed by atoms with E-state index in [1.165, 1.54) is 7.11 Å². The van der Waals surface area contributed by atoms with E-state index in [0.29, 0.717) is 39.0 Å². The molecule has 0 radical (unpaired) electrons. The Morgan fingerprint density at radius 3 is 2.24 bits per heavy atom. The fourth-order valence-electron chi connectivity index (χ4n) is 2.73. The summed E-state index contributed by atoms with van der Waals surface area (Å²) in [7, 11) is 1.47. The molecule has 3 rings (SSSR count). The van der Waals surface area contributed by atoms with Gasteiger partial charge in [-0.2, -0.15) is 5.10 Å². The summed E-state index contributed by atoms with van der Waals surface area (Å²) in [5.41, 5.74) is 3.91. The summed E-state index contributed by atoms with van der Waals surface area (Å²) in [4.78, 5) is 36.4. The monoisotopic (exact) mass is 465 g/mol. The van der Waals surface area contributed by atoms with Gasteiger partial charge in [-0.05, 0) is 61.0 Å². The molecular weight excluding hydrogens is 446 g/mol. The third-order valence-corrected chi connectivity index (χ3v) is 4.79. The van der Waals surface area contributed by atoms with Gasteiger partial charge in [0.25, 0.3) is 0 Å². The van der Waals surface area contributed by atoms with E-state index in [-0.39, 0.29) is 0 Å². The van der Waals surface area contributed by atoms with Crippen molar-refractivity contribution >= 4 is 40.8 Å². The number of hydrogen-bond acceptors (Lipinski definition) is 6. The zero-order chi connectivity index (χ0) is 23.8. The molecule has 2 amide bonds. The Kier molecular flexibility index (Phi) is 7.77. The molecule has 0 saturated heterocycles. The lowest BCUT2D eigenvalue weighted by Gasteiger charge is -2.09. The number of halogens is 1. The Balaban J connectivity index is 1.59. The number of hydrazone groups is 1. The quantitative estimate of drug-likeness (QED) is 0.188. The maximum Gasteiger partial charge on any atom is 0.347 e. The number of nitrogens with zero attached hydrogens (tertiary/aromatic N) is 1. The van der Waals surface area contributed by atoms with Crippen molar-refractivity contribution in [2.75, 3.05) is 12.4 Å². The van der Waals surface area contributed by atoms with E-state index < -0.39 is 17.8 Å². The van der Waals surface area contributed by atoms with Crippen LogP contribution in [-0.2, 0) is 9.59 Å². The van der Waals surface area contributed by atoms with Crippen LogP contribution < -0.4 is 20.2 Å². The average molecular weight is 466 g/mol. The molecule has 3 aromatic rings. The molecule has 0 bridgehead atoms. The number of carbonyl (C=O) groups excluding carboxylic acids is 3. The highest BCUT2D eigenvalue weighted by Gasteiger charge is 2.15. The van der Waals surface area contributed by atoms with Gasteiger partial charge in [0.15, 0.2) is 0 Å². The fourth-order valence-corrected chi connectivity index (χ4v) is 2.91. The Hall–Kier alpha value is -4.17. The van der Waals surface area contributed by atoms with Gasteiger partial charge >= 0.3 is 17.8 Å². The van der Waals surface area contributed by atoms with E-state index in [2.05, 4.69) is 15.8 Å². The Labute approximate surface area is 195 Å². The highest BCUT2D eigenvalue weighted by Crippen LogP contribution is 2.21. The number of rotatable bonds is 6. The van der Waals surface area contributed by atoms with Gasteiger partial charge < -0.3 is 14.8 Å². The molecule has 8 nitrogen and oxygen atoms in total. The van der Waals surface area contributed by atoms with Crippen molar-refractivity contribution in [3.05, 3.63) is 88.9 Å². The summed E-state index contributed by atoms with van der Waals surface area (Å²) < 4.78 is 10.6. The largest absolute Gasteiger partial charge is 0.496 e. The molecule has 3 aromatic carbocycles. The lowest BCUT2D eigenvalue weighted by atomic mass is 10.1. The summed E-state index contributed by atoms with van der Waals surface area (Å²) in [6.45, 7) is 1.65. The van der Waals surface area contributed by atoms with Crippen LogP contribution in [0.1, 0.15) is 22.8 Å². The minimum Gasteiger partial charge on any atom is -0.496 e. The molecule has 0 fully saturated rings. The van der Waals surface area contributed by atoms with Gasteiger partial charge in [0.05, 0.1) is 23.5 Å². The van der Waals surface area contributed by atoms with E-state index in [9.17, 15) is 14.4 Å². The molecule has 0 saturated carbocycles. The molecular formula is C24H20ClN3O5. The van der Waals surface area contributed by atoms with Crippen LogP contribution in [0.4, 0.5) is 5.69 Å². The van der Waals surface area contributed by atoms with Crippen LogP contribution in [0.15, 0.2) is 77.9 Å². The number of nitrogens with one attached hydrogen (secondary N) is 2. The lowest BCUT2D eigenvalue weighted by molar-refractivity contribution is -0.136. The standard InChI is InChI=1S/C24H20ClN3O5/c1-15(27-28-23(30)22(29)26-20-9-5-4-8-19(20)25)16-11-13-17(14-12-16)33-24(31)18-7-3-6-10-21(18)32-2/h3-14H,1-2H3,(H,26,29)(H,28,30)/b27-15+. The second-order valence-corrected chi connectivity index (χ2v) is 7.09. The van der Waals surface area contributed by atoms with Crippen molar-refractivity contribution in [3.8, 4) is 11.5 Å². The molecule has 33 heavy (non-hydrogen) atoms. The molecule has 0 aliphatic carbocycles. The summed E-state index contributed by atoms with van der Waals surface area (Å²) in [6, 6.07) is 19.8. The van der Waals surface area contributed by atoms with Crippen LogP contribution in [-0.4, -0.2) is 30.6 Å². The van der Waals surface area contributed by atoms with E-state index in [0.717, 1.165) is 0 Å². The summed E-state index contributed by atoms with van der Waals surface area (Å²) in [5.74, 6) is -1.67. The molecule has 0 aliphatic heterocycles. The van der Waals surface area contributed by atoms with Crippen LogP contribution in [0.25, 0.3) is 0 Å². The first-order valence-electron chi connectivity index (χ1n) is 9.75. The van der Waals surface area contributed by atoms with Gasteiger partial charge in [-0.3, -0.25) is 9.59 Å². The van der Waals surface area contributed by atoms with Crippen LogP contribution in [0.5, 0.6) is 11.5 Å². The van der Waals surface area contributed by atoms with Crippen molar-refractivity contribution in [1.82, 2.24) is 5.43 Å². The number of benzene rings is 3. The highest BCUT2D eigenvalue weighted by molar-refractivity contribution is 6.41. The van der Waals surface area contributed by atoms with Crippen molar-refractivity contribution in [2.45, 2.75) is 6.92 Å². The smallest absolute Gasteiger partial charge is 0.347 e. The molecule has 9 heteroatoms. The van der Waals surface area contributed by atoms with Crippen molar-refractivity contribution in [3.63, 3.8) is 0 Å². The Morgan fingerprint density at radius 1 is 0.879 bits per heavy atom. The molecule has 0 heterocycles. The average Bonchev–Trinajstić information content (AvgIpc) is 2.84. The van der Waals surface area contributed by atoms with Crippen LogP contribution in [0, 0.1) is 0 Å². The number of esters is 1. The molecule has 168 valence electrons. The van der Waals surface area contributed by atoms with Crippen LogP contribution in [0.2, 0.25) is 5.02 Å². The maximum absolute atomic E-state index is 12.4. The highest BCUT2D eigenvalue weighted by atomic mass is 35.5. The zero-order valence-electron chi connectivity index (χ0n) is 17.8. The fraction of sp³-hybridized carbons (Fsp3) is 0.0833. The van der Waals surface area contributed by atoms with Crippen molar-refractivity contribution < 1.29 is 23.9 Å². The molecule has 0 atom stereocenters. The minimum absolute atomic E-state index is 0.305. The van der Waals surface area contributed by atoms with E-state index in [1.807, 2.05) is 0 Å². The first-order valence-corrected chi connectivity index (χ1v) is 10.1. The second kappa shape index (κ2) is 10.9. The summed E-state index contributed by atoms with van der Waals surface area (Å²) in [6.07, 6.45) is 0. The lowest BCUT2D eigenvalue weighted by Crippen LogP contribution is -2.33. The predicted molar refractivity (Wildman–Crippen MR) is 125 cm³/mol. The van der Waals surface area contributed by atoms with E-state index in [4.69, 9.17) is 21.1 Å². The Morgan fingerprint density at radius 2 is 1.55 bits per heavy atom. The third-order valence-electron chi connectivity index (χ3n) is 4.46. The van der Waals surface area contributed by atoms with Gasteiger partial charge in [0, 0.05) is 0 Å². The first kappa shape index (κ1) is 23.5. The summed E-state index contributed by atoms with van der Waals surface area (Å²) >= 11 is 5.96. The third kappa shape index (κ3) is 6.18. The minimum atomic E-state index is -0.948. The molecule has 0 spiro atoms. The first-order chi connectivity index (χ1) is 15.9. The maximum atomic E-state index is 12.4. The van der Waals surface area contributed by atoms with Crippen LogP contribution in [0.3, 0.4) is 0 Å². The molecule has 0 unspecified atom stereocenters. The number of carbonyl (C=O) groups is 3. The number of ether oxygens (including phenoxy) is 2. The molecule has 0 aromatic heterocycles. The number of amides is 2.